The van der Waals surface area contributed by atoms with E-state index in [1.165, 1.54) is 0 Å². The highest BCUT2D eigenvalue weighted by Gasteiger charge is 2.25. The lowest BCUT2D eigenvalue weighted by Gasteiger charge is -2.32. The van der Waals surface area contributed by atoms with Gasteiger partial charge >= 0.3 is 0 Å². The second-order valence-corrected chi connectivity index (χ2v) is 8.03. The Morgan fingerprint density at radius 3 is 2.57 bits per heavy atom. The summed E-state index contributed by atoms with van der Waals surface area (Å²) in [5.74, 6) is 1.14. The van der Waals surface area contributed by atoms with Gasteiger partial charge in [0, 0.05) is 31.1 Å². The number of ether oxygens (including phenoxy) is 2. The van der Waals surface area contributed by atoms with Crippen LogP contribution in [0.4, 0.5) is 0 Å². The largest absolute Gasteiger partial charge is 0.489 e. The number of halogens is 1. The summed E-state index contributed by atoms with van der Waals surface area (Å²) >= 11 is 6.34. The normalized spacial score (nSPS) is 16.6. The monoisotopic (exact) mass is 428 g/mol. The molecule has 2 aliphatic rings. The maximum absolute atomic E-state index is 12.8. The Hall–Kier alpha value is -2.73. The van der Waals surface area contributed by atoms with E-state index in [9.17, 15) is 9.59 Å². The predicted octanol–water partition coefficient (Wildman–Crippen LogP) is 3.46. The summed E-state index contributed by atoms with van der Waals surface area (Å²) in [5, 5.41) is 3.54. The van der Waals surface area contributed by atoms with Crippen LogP contribution in [-0.2, 0) is 11.2 Å². The maximum Gasteiger partial charge on any atom is 0.251 e. The summed E-state index contributed by atoms with van der Waals surface area (Å²) in [6.07, 6.45) is 2.55. The Kier molecular flexibility index (Phi) is 6.43. The van der Waals surface area contributed by atoms with Gasteiger partial charge in [0.15, 0.2) is 11.5 Å². The Balaban J connectivity index is 1.31. The summed E-state index contributed by atoms with van der Waals surface area (Å²) in [4.78, 5) is 27.0. The van der Waals surface area contributed by atoms with Crippen molar-refractivity contribution in [2.24, 2.45) is 0 Å². The van der Waals surface area contributed by atoms with E-state index in [0.29, 0.717) is 48.4 Å². The molecule has 158 valence electrons. The first-order valence-electron chi connectivity index (χ1n) is 10.3. The number of rotatable bonds is 4. The van der Waals surface area contributed by atoms with Crippen molar-refractivity contribution in [2.75, 3.05) is 26.3 Å². The molecule has 1 N–H and O–H groups in total. The van der Waals surface area contributed by atoms with Crippen molar-refractivity contribution in [3.63, 3.8) is 0 Å². The minimum absolute atomic E-state index is 0.0494. The number of amides is 2. The number of hydrogen-bond acceptors (Lipinski definition) is 4. The molecule has 0 atom stereocenters. The third kappa shape index (κ3) is 4.87. The van der Waals surface area contributed by atoms with Gasteiger partial charge in [-0.05, 0) is 42.7 Å². The van der Waals surface area contributed by atoms with Crippen LogP contribution < -0.4 is 14.8 Å². The molecular formula is C23H25ClN2O4. The lowest BCUT2D eigenvalue weighted by Crippen LogP contribution is -2.47. The molecule has 0 bridgehead atoms. The number of carbonyl (C=O) groups excluding carboxylic acids is 2. The molecule has 30 heavy (non-hydrogen) atoms. The molecule has 2 heterocycles. The summed E-state index contributed by atoms with van der Waals surface area (Å²) in [5.41, 5.74) is 1.47. The number of piperidine rings is 1. The number of hydrogen-bond donors (Lipinski definition) is 1. The molecule has 2 amide bonds. The molecule has 0 spiro atoms. The third-order valence-corrected chi connectivity index (χ3v) is 5.72. The molecular weight excluding hydrogens is 404 g/mol. The van der Waals surface area contributed by atoms with E-state index >= 15 is 0 Å². The van der Waals surface area contributed by atoms with Gasteiger partial charge in [-0.15, -0.1) is 0 Å². The molecule has 0 unspecified atom stereocenters. The van der Waals surface area contributed by atoms with Crippen molar-refractivity contribution in [1.29, 1.82) is 0 Å². The SMILES string of the molecule is O=C(NC1CCN(C(=O)Cc2cc(Cl)c3c(c2)OCCCO3)CC1)c1ccccc1. The van der Waals surface area contributed by atoms with E-state index < -0.39 is 0 Å². The lowest BCUT2D eigenvalue weighted by atomic mass is 10.0. The van der Waals surface area contributed by atoms with Crippen LogP contribution in [0.3, 0.4) is 0 Å². The molecule has 0 radical (unpaired) electrons. The molecule has 0 saturated carbocycles. The van der Waals surface area contributed by atoms with E-state index in [0.717, 1.165) is 24.8 Å². The highest BCUT2D eigenvalue weighted by Crippen LogP contribution is 2.38. The smallest absolute Gasteiger partial charge is 0.251 e. The van der Waals surface area contributed by atoms with E-state index in [2.05, 4.69) is 5.32 Å². The summed E-state index contributed by atoms with van der Waals surface area (Å²) in [6.45, 7) is 2.39. The molecule has 2 aromatic rings. The average Bonchev–Trinajstić information content (AvgIpc) is 3.01. The third-order valence-electron chi connectivity index (χ3n) is 5.44. The minimum Gasteiger partial charge on any atom is -0.489 e. The van der Waals surface area contributed by atoms with Crippen LogP contribution >= 0.6 is 11.6 Å². The van der Waals surface area contributed by atoms with Crippen molar-refractivity contribution in [3.8, 4) is 11.5 Å². The predicted molar refractivity (Wildman–Crippen MR) is 114 cm³/mol. The van der Waals surface area contributed by atoms with Crippen LogP contribution in [-0.4, -0.2) is 49.1 Å². The van der Waals surface area contributed by atoms with Crippen molar-refractivity contribution < 1.29 is 19.1 Å². The standard InChI is InChI=1S/C23H25ClN2O4/c24-19-13-16(14-20-22(19)30-12-4-11-29-20)15-21(27)26-9-7-18(8-10-26)25-23(28)17-5-2-1-3-6-17/h1-3,5-6,13-14,18H,4,7-12,15H2,(H,25,28). The van der Waals surface area contributed by atoms with Crippen molar-refractivity contribution >= 4 is 23.4 Å². The zero-order valence-electron chi connectivity index (χ0n) is 16.7. The van der Waals surface area contributed by atoms with Gasteiger partial charge in [0.25, 0.3) is 5.91 Å². The zero-order chi connectivity index (χ0) is 20.9. The number of likely N-dealkylation sites (tertiary alicyclic amines) is 1. The van der Waals surface area contributed by atoms with Gasteiger partial charge in [-0.2, -0.15) is 0 Å². The molecule has 4 rings (SSSR count). The first-order chi connectivity index (χ1) is 14.6. The Bertz CT molecular complexity index is 911. The number of nitrogens with zero attached hydrogens (tertiary/aromatic N) is 1. The van der Waals surface area contributed by atoms with E-state index in [1.54, 1.807) is 18.2 Å². The highest BCUT2D eigenvalue weighted by molar-refractivity contribution is 6.32. The fourth-order valence-electron chi connectivity index (χ4n) is 3.80. The number of fused-ring (bicyclic) bond motifs is 1. The Morgan fingerprint density at radius 2 is 1.80 bits per heavy atom. The Morgan fingerprint density at radius 1 is 1.07 bits per heavy atom. The molecule has 0 aromatic heterocycles. The zero-order valence-corrected chi connectivity index (χ0v) is 17.5. The summed E-state index contributed by atoms with van der Waals surface area (Å²) < 4.78 is 11.4. The average molecular weight is 429 g/mol. The molecule has 2 aliphatic heterocycles. The molecule has 6 nitrogen and oxygen atoms in total. The van der Waals surface area contributed by atoms with Crippen molar-refractivity contribution in [2.45, 2.75) is 31.7 Å². The maximum atomic E-state index is 12.8. The number of benzene rings is 2. The first kappa shape index (κ1) is 20.5. The first-order valence-corrected chi connectivity index (χ1v) is 10.7. The van der Waals surface area contributed by atoms with Crippen LogP contribution in [0.5, 0.6) is 11.5 Å². The molecule has 1 saturated heterocycles. The van der Waals surface area contributed by atoms with E-state index in [1.807, 2.05) is 29.2 Å². The summed E-state index contributed by atoms with van der Waals surface area (Å²) in [6, 6.07) is 12.9. The number of carbonyl (C=O) groups is 2. The van der Waals surface area contributed by atoms with Gasteiger partial charge < -0.3 is 19.7 Å². The second-order valence-electron chi connectivity index (χ2n) is 7.63. The van der Waals surface area contributed by atoms with Gasteiger partial charge in [-0.25, -0.2) is 0 Å². The fraction of sp³-hybridized carbons (Fsp3) is 0.391. The van der Waals surface area contributed by atoms with Crippen LogP contribution in [0, 0.1) is 0 Å². The van der Waals surface area contributed by atoms with Crippen molar-refractivity contribution in [1.82, 2.24) is 10.2 Å². The number of nitrogens with one attached hydrogen (secondary N) is 1. The molecule has 1 fully saturated rings. The topological polar surface area (TPSA) is 67.9 Å². The van der Waals surface area contributed by atoms with E-state index in [-0.39, 0.29) is 24.3 Å². The van der Waals surface area contributed by atoms with Gasteiger partial charge in [-0.3, -0.25) is 9.59 Å². The van der Waals surface area contributed by atoms with Gasteiger partial charge in [0.05, 0.1) is 24.7 Å². The van der Waals surface area contributed by atoms with Gasteiger partial charge in [0.1, 0.15) is 0 Å². The minimum atomic E-state index is -0.0674. The molecule has 2 aromatic carbocycles. The van der Waals surface area contributed by atoms with Crippen LogP contribution in [0.15, 0.2) is 42.5 Å². The van der Waals surface area contributed by atoms with Crippen LogP contribution in [0.2, 0.25) is 5.02 Å². The van der Waals surface area contributed by atoms with Crippen LogP contribution in [0.1, 0.15) is 35.2 Å². The Labute approximate surface area is 181 Å². The van der Waals surface area contributed by atoms with Gasteiger partial charge in [-0.1, -0.05) is 29.8 Å². The quantitative estimate of drug-likeness (QED) is 0.809. The fourth-order valence-corrected chi connectivity index (χ4v) is 4.09. The van der Waals surface area contributed by atoms with Crippen molar-refractivity contribution in [3.05, 3.63) is 58.6 Å². The summed E-state index contributed by atoms with van der Waals surface area (Å²) in [7, 11) is 0. The lowest BCUT2D eigenvalue weighted by molar-refractivity contribution is -0.131. The second kappa shape index (κ2) is 9.39. The molecule has 0 aliphatic carbocycles. The van der Waals surface area contributed by atoms with E-state index in [4.69, 9.17) is 21.1 Å². The van der Waals surface area contributed by atoms with Crippen LogP contribution in [0.25, 0.3) is 0 Å². The van der Waals surface area contributed by atoms with Gasteiger partial charge in [0.2, 0.25) is 5.91 Å². The highest BCUT2D eigenvalue weighted by atomic mass is 35.5. The molecule has 7 heteroatoms.